The van der Waals surface area contributed by atoms with E-state index in [1.165, 1.54) is 12.3 Å². The molecule has 2 atom stereocenters. The van der Waals surface area contributed by atoms with Gasteiger partial charge in [0.05, 0.1) is 0 Å². The van der Waals surface area contributed by atoms with Gasteiger partial charge in [-0.05, 0) is 49.4 Å². The Labute approximate surface area is 64.0 Å². The van der Waals surface area contributed by atoms with Gasteiger partial charge >= 0.3 is 0 Å². The van der Waals surface area contributed by atoms with Crippen molar-refractivity contribution in [2.75, 3.05) is 0 Å². The van der Waals surface area contributed by atoms with Crippen LogP contribution in [0.2, 0.25) is 0 Å². The Balaban J connectivity index is 1.86. The van der Waals surface area contributed by atoms with E-state index in [9.17, 15) is 0 Å². The molecular weight excluding hydrogens is 120 g/mol. The molecule has 0 heteroatoms. The van der Waals surface area contributed by atoms with Crippen LogP contribution in [0.5, 0.6) is 0 Å². The molecule has 0 bridgehead atoms. The zero-order valence-corrected chi connectivity index (χ0v) is 7.14. The van der Waals surface area contributed by atoms with Crippen LogP contribution in [0.15, 0.2) is 0 Å². The van der Waals surface area contributed by atoms with E-state index in [4.69, 9.17) is 0 Å². The highest BCUT2D eigenvalue weighted by molar-refractivity contribution is 4.92. The minimum Gasteiger partial charge on any atom is -0.0625 e. The Kier molecular flexibility index (Phi) is 1.51. The van der Waals surface area contributed by atoms with Gasteiger partial charge < -0.3 is 0 Å². The van der Waals surface area contributed by atoms with Gasteiger partial charge in [-0.25, -0.2) is 0 Å². The first-order valence-corrected chi connectivity index (χ1v) is 4.79. The van der Waals surface area contributed by atoms with Crippen LogP contribution in [0, 0.1) is 23.7 Å². The molecule has 0 amide bonds. The van der Waals surface area contributed by atoms with E-state index < -0.39 is 0 Å². The van der Waals surface area contributed by atoms with Crippen molar-refractivity contribution in [3.8, 4) is 0 Å². The molecule has 10 heavy (non-hydrogen) atoms. The summed E-state index contributed by atoms with van der Waals surface area (Å²) in [6, 6.07) is 0. The van der Waals surface area contributed by atoms with Gasteiger partial charge in [0.2, 0.25) is 0 Å². The van der Waals surface area contributed by atoms with Crippen LogP contribution in [0.25, 0.3) is 0 Å². The van der Waals surface area contributed by atoms with Crippen LogP contribution in [-0.4, -0.2) is 0 Å². The predicted octanol–water partition coefficient (Wildman–Crippen LogP) is 3.08. The number of hydrogen-bond acceptors (Lipinski definition) is 0. The second-order valence-corrected chi connectivity index (χ2v) is 4.49. The van der Waals surface area contributed by atoms with Crippen molar-refractivity contribution in [2.45, 2.75) is 39.5 Å². The average molecular weight is 138 g/mol. The van der Waals surface area contributed by atoms with Crippen LogP contribution >= 0.6 is 0 Å². The number of hydrogen-bond donors (Lipinski definition) is 0. The molecule has 0 aliphatic heterocycles. The molecule has 2 aliphatic rings. The van der Waals surface area contributed by atoms with Gasteiger partial charge in [-0.1, -0.05) is 13.8 Å². The van der Waals surface area contributed by atoms with Crippen molar-refractivity contribution in [1.82, 2.24) is 0 Å². The van der Waals surface area contributed by atoms with E-state index in [0.29, 0.717) is 0 Å². The van der Waals surface area contributed by atoms with E-state index in [2.05, 4.69) is 13.8 Å². The Morgan fingerprint density at radius 3 is 2.00 bits per heavy atom. The zero-order valence-electron chi connectivity index (χ0n) is 7.14. The van der Waals surface area contributed by atoms with Crippen LogP contribution < -0.4 is 0 Å². The van der Waals surface area contributed by atoms with Crippen molar-refractivity contribution >= 4 is 0 Å². The van der Waals surface area contributed by atoms with Gasteiger partial charge in [-0.2, -0.15) is 0 Å². The summed E-state index contributed by atoms with van der Waals surface area (Å²) in [6.45, 7) is 4.78. The van der Waals surface area contributed by atoms with Crippen LogP contribution in [0.1, 0.15) is 39.5 Å². The molecule has 0 aromatic rings. The van der Waals surface area contributed by atoms with Crippen molar-refractivity contribution in [3.05, 3.63) is 0 Å². The molecule has 0 saturated heterocycles. The molecule has 58 valence electrons. The minimum absolute atomic E-state index is 0.958. The molecule has 0 aromatic carbocycles. The molecule has 2 fully saturated rings. The zero-order chi connectivity index (χ0) is 7.14. The van der Waals surface area contributed by atoms with Crippen molar-refractivity contribution in [1.29, 1.82) is 0 Å². The molecule has 2 aliphatic carbocycles. The van der Waals surface area contributed by atoms with Gasteiger partial charge in [0.25, 0.3) is 0 Å². The first-order chi connectivity index (χ1) is 4.79. The lowest BCUT2D eigenvalue weighted by molar-refractivity contribution is 0.101. The second kappa shape index (κ2) is 2.25. The van der Waals surface area contributed by atoms with Gasteiger partial charge in [-0.15, -0.1) is 0 Å². The van der Waals surface area contributed by atoms with Gasteiger partial charge in [0.1, 0.15) is 0 Å². The summed E-state index contributed by atoms with van der Waals surface area (Å²) in [6.07, 6.45) is 6.17. The van der Waals surface area contributed by atoms with Gasteiger partial charge in [-0.3, -0.25) is 0 Å². The predicted molar refractivity (Wildman–Crippen MR) is 43.8 cm³/mol. The van der Waals surface area contributed by atoms with Crippen molar-refractivity contribution < 1.29 is 0 Å². The summed E-state index contributed by atoms with van der Waals surface area (Å²) in [5.74, 6) is 4.38. The Morgan fingerprint density at radius 1 is 1.00 bits per heavy atom. The fraction of sp³-hybridized carbons (Fsp3) is 1.00. The first-order valence-electron chi connectivity index (χ1n) is 4.79. The van der Waals surface area contributed by atoms with Crippen LogP contribution in [0.3, 0.4) is 0 Å². The molecule has 0 spiro atoms. The molecule has 0 N–H and O–H groups in total. The normalized spacial score (nSPS) is 39.9. The molecule has 0 heterocycles. The lowest BCUT2D eigenvalue weighted by Crippen LogP contribution is -2.31. The second-order valence-electron chi connectivity index (χ2n) is 4.49. The molecule has 2 saturated carbocycles. The van der Waals surface area contributed by atoms with Crippen molar-refractivity contribution in [3.63, 3.8) is 0 Å². The smallest absolute Gasteiger partial charge is 0.0355 e. The lowest BCUT2D eigenvalue weighted by Gasteiger charge is -2.40. The SMILES string of the molecule is CC(C)[C@H]1CC[C@@H]1C1CC1. The summed E-state index contributed by atoms with van der Waals surface area (Å²) < 4.78 is 0. The monoisotopic (exact) mass is 138 g/mol. The third-order valence-corrected chi connectivity index (χ3v) is 3.47. The Bertz CT molecular complexity index is 114. The highest BCUT2D eigenvalue weighted by Gasteiger charge is 2.42. The molecule has 0 aromatic heterocycles. The summed E-state index contributed by atoms with van der Waals surface area (Å²) in [4.78, 5) is 0. The minimum atomic E-state index is 0.958. The number of rotatable bonds is 2. The van der Waals surface area contributed by atoms with Crippen LogP contribution in [-0.2, 0) is 0 Å². The molecule has 2 rings (SSSR count). The molecule has 0 radical (unpaired) electrons. The van der Waals surface area contributed by atoms with E-state index in [-0.39, 0.29) is 0 Å². The fourth-order valence-electron chi connectivity index (χ4n) is 2.49. The third kappa shape index (κ3) is 0.980. The molecule has 0 nitrogen and oxygen atoms in total. The van der Waals surface area contributed by atoms with E-state index in [1.54, 1.807) is 19.3 Å². The Morgan fingerprint density at radius 2 is 1.70 bits per heavy atom. The van der Waals surface area contributed by atoms with E-state index >= 15 is 0 Å². The topological polar surface area (TPSA) is 0 Å². The van der Waals surface area contributed by atoms with E-state index in [0.717, 1.165) is 17.8 Å². The van der Waals surface area contributed by atoms with Crippen molar-refractivity contribution in [2.24, 2.45) is 23.7 Å². The maximum atomic E-state index is 2.39. The summed E-state index contributed by atoms with van der Waals surface area (Å²) in [7, 11) is 0. The highest BCUT2D eigenvalue weighted by Crippen LogP contribution is 2.52. The standard InChI is InChI=1S/C10H18/c1-7(2)9-5-6-10(9)8-3-4-8/h7-10H,3-6H2,1-2H3/t9-,10-/m1/s1. The average Bonchev–Trinajstić information content (AvgIpc) is 2.43. The summed E-state index contributed by atoms with van der Waals surface area (Å²) in [5, 5.41) is 0. The van der Waals surface area contributed by atoms with Gasteiger partial charge in [0, 0.05) is 0 Å². The van der Waals surface area contributed by atoms with E-state index in [1.807, 2.05) is 0 Å². The summed E-state index contributed by atoms with van der Waals surface area (Å²) in [5.41, 5.74) is 0. The first kappa shape index (κ1) is 6.69. The molecule has 0 unspecified atom stereocenters. The highest BCUT2D eigenvalue weighted by atomic mass is 14.5. The Hall–Kier alpha value is 0. The summed E-state index contributed by atoms with van der Waals surface area (Å²) >= 11 is 0. The fourth-order valence-corrected chi connectivity index (χ4v) is 2.49. The lowest BCUT2D eigenvalue weighted by atomic mass is 9.66. The third-order valence-electron chi connectivity index (χ3n) is 3.47. The van der Waals surface area contributed by atoms with Crippen LogP contribution in [0.4, 0.5) is 0 Å². The maximum absolute atomic E-state index is 2.39. The van der Waals surface area contributed by atoms with Gasteiger partial charge in [0.15, 0.2) is 0 Å². The maximum Gasteiger partial charge on any atom is -0.0355 e. The molecular formula is C10H18. The quantitative estimate of drug-likeness (QED) is 0.550. The largest absolute Gasteiger partial charge is 0.0625 e.